The summed E-state index contributed by atoms with van der Waals surface area (Å²) in [5, 5.41) is 0. The van der Waals surface area contributed by atoms with Crippen molar-refractivity contribution in [3.63, 3.8) is 0 Å². The fourth-order valence-electron chi connectivity index (χ4n) is 3.51. The van der Waals surface area contributed by atoms with Gasteiger partial charge in [0.25, 0.3) is 0 Å². The summed E-state index contributed by atoms with van der Waals surface area (Å²) >= 11 is 0. The van der Waals surface area contributed by atoms with Crippen LogP contribution >= 0.6 is 0 Å². The standard InChI is InChI=1S/C16H23FN6O/c1-4-10-8(2)11(17)15(24-10)23-7-19-12-13(22(3)9-5-6-9)20-16(18)21-14(12)23/h7-11,15H,4-6H2,1-3H3,(H2,18,20,21)/t8-,10-,11-,15-/m1/s1. The van der Waals surface area contributed by atoms with Crippen LogP contribution in [0.4, 0.5) is 16.2 Å². The number of nitrogens with two attached hydrogens (primary N) is 1. The second-order valence-corrected chi connectivity index (χ2v) is 6.85. The van der Waals surface area contributed by atoms with E-state index in [-0.39, 0.29) is 18.0 Å². The van der Waals surface area contributed by atoms with E-state index in [9.17, 15) is 4.39 Å². The summed E-state index contributed by atoms with van der Waals surface area (Å²) in [6.45, 7) is 3.89. The molecule has 0 unspecified atom stereocenters. The molecule has 7 nitrogen and oxygen atoms in total. The maximum atomic E-state index is 14.7. The topological polar surface area (TPSA) is 82.1 Å². The van der Waals surface area contributed by atoms with Crippen LogP contribution in [-0.4, -0.2) is 44.9 Å². The Labute approximate surface area is 140 Å². The number of hydrogen-bond acceptors (Lipinski definition) is 6. The summed E-state index contributed by atoms with van der Waals surface area (Å²) in [5.41, 5.74) is 7.07. The Kier molecular flexibility index (Phi) is 3.59. The van der Waals surface area contributed by atoms with E-state index in [0.717, 1.165) is 19.3 Å². The molecular formula is C16H23FN6O. The van der Waals surface area contributed by atoms with Crippen LogP contribution in [0.15, 0.2) is 6.33 Å². The van der Waals surface area contributed by atoms with Gasteiger partial charge in [-0.1, -0.05) is 13.8 Å². The van der Waals surface area contributed by atoms with Crippen molar-refractivity contribution >= 4 is 22.9 Å². The summed E-state index contributed by atoms with van der Waals surface area (Å²) in [6.07, 6.45) is 2.71. The molecule has 1 saturated carbocycles. The lowest BCUT2D eigenvalue weighted by Crippen LogP contribution is -2.22. The highest BCUT2D eigenvalue weighted by Crippen LogP contribution is 2.40. The van der Waals surface area contributed by atoms with Crippen LogP contribution in [-0.2, 0) is 4.74 Å². The first kappa shape index (κ1) is 15.6. The summed E-state index contributed by atoms with van der Waals surface area (Å²) in [7, 11) is 1.98. The third kappa shape index (κ3) is 2.31. The Morgan fingerprint density at radius 1 is 1.42 bits per heavy atom. The van der Waals surface area contributed by atoms with Crippen molar-refractivity contribution in [3.8, 4) is 0 Å². The van der Waals surface area contributed by atoms with Crippen molar-refractivity contribution in [3.05, 3.63) is 6.33 Å². The van der Waals surface area contributed by atoms with Crippen LogP contribution in [0.5, 0.6) is 0 Å². The number of nitrogens with zero attached hydrogens (tertiary/aromatic N) is 5. The number of imidazole rings is 1. The average molecular weight is 334 g/mol. The largest absolute Gasteiger partial charge is 0.368 e. The van der Waals surface area contributed by atoms with Gasteiger partial charge in [0, 0.05) is 19.0 Å². The van der Waals surface area contributed by atoms with E-state index in [2.05, 4.69) is 19.9 Å². The van der Waals surface area contributed by atoms with Gasteiger partial charge in [-0.25, -0.2) is 9.37 Å². The fourth-order valence-corrected chi connectivity index (χ4v) is 3.51. The van der Waals surface area contributed by atoms with Crippen LogP contribution in [0.1, 0.15) is 39.3 Å². The van der Waals surface area contributed by atoms with Crippen molar-refractivity contribution in [2.24, 2.45) is 5.92 Å². The minimum Gasteiger partial charge on any atom is -0.368 e. The lowest BCUT2D eigenvalue weighted by atomic mass is 10.00. The quantitative estimate of drug-likeness (QED) is 0.924. The van der Waals surface area contributed by atoms with Crippen molar-refractivity contribution in [1.82, 2.24) is 19.5 Å². The second-order valence-electron chi connectivity index (χ2n) is 6.85. The van der Waals surface area contributed by atoms with Crippen LogP contribution in [0.2, 0.25) is 0 Å². The van der Waals surface area contributed by atoms with Gasteiger partial charge >= 0.3 is 0 Å². The number of ether oxygens (including phenoxy) is 1. The number of nitrogen functional groups attached to an aromatic ring is 1. The fraction of sp³-hybridized carbons (Fsp3) is 0.688. The summed E-state index contributed by atoms with van der Waals surface area (Å²) in [4.78, 5) is 15.2. The molecule has 2 aromatic heterocycles. The summed E-state index contributed by atoms with van der Waals surface area (Å²) < 4.78 is 22.3. The number of aromatic nitrogens is 4. The number of rotatable bonds is 4. The van der Waals surface area contributed by atoms with Crippen molar-refractivity contribution in [2.75, 3.05) is 17.7 Å². The maximum absolute atomic E-state index is 14.7. The first-order valence-electron chi connectivity index (χ1n) is 8.53. The van der Waals surface area contributed by atoms with Gasteiger partial charge in [-0.3, -0.25) is 4.57 Å². The Morgan fingerprint density at radius 3 is 2.79 bits per heavy atom. The first-order chi connectivity index (χ1) is 11.5. The molecular weight excluding hydrogens is 311 g/mol. The van der Waals surface area contributed by atoms with E-state index in [1.807, 2.05) is 20.9 Å². The molecule has 3 heterocycles. The molecule has 0 amide bonds. The number of anilines is 2. The van der Waals surface area contributed by atoms with E-state index >= 15 is 0 Å². The van der Waals surface area contributed by atoms with Gasteiger partial charge in [0.2, 0.25) is 5.95 Å². The van der Waals surface area contributed by atoms with Gasteiger partial charge in [0.1, 0.15) is 0 Å². The van der Waals surface area contributed by atoms with Crippen molar-refractivity contribution < 1.29 is 9.13 Å². The Morgan fingerprint density at radius 2 is 2.17 bits per heavy atom. The predicted molar refractivity (Wildman–Crippen MR) is 89.4 cm³/mol. The molecule has 8 heteroatoms. The average Bonchev–Trinajstić information content (AvgIpc) is 3.28. The van der Waals surface area contributed by atoms with Gasteiger partial charge in [0.05, 0.1) is 12.4 Å². The van der Waals surface area contributed by atoms with Crippen LogP contribution in [0, 0.1) is 5.92 Å². The molecule has 4 rings (SSSR count). The second kappa shape index (κ2) is 5.54. The summed E-state index contributed by atoms with van der Waals surface area (Å²) in [6, 6.07) is 0.466. The van der Waals surface area contributed by atoms with E-state index < -0.39 is 12.4 Å². The minimum atomic E-state index is -1.10. The third-order valence-electron chi connectivity index (χ3n) is 5.20. The molecule has 0 bridgehead atoms. The molecule has 24 heavy (non-hydrogen) atoms. The summed E-state index contributed by atoms with van der Waals surface area (Å²) in [5.74, 6) is 0.706. The Bertz CT molecular complexity index is 760. The lowest BCUT2D eigenvalue weighted by Gasteiger charge is -2.19. The Hall–Kier alpha value is -1.96. The molecule has 130 valence electrons. The van der Waals surface area contributed by atoms with Gasteiger partial charge < -0.3 is 15.4 Å². The monoisotopic (exact) mass is 334 g/mol. The van der Waals surface area contributed by atoms with Gasteiger partial charge in [0.15, 0.2) is 29.4 Å². The maximum Gasteiger partial charge on any atom is 0.224 e. The number of hydrogen-bond donors (Lipinski definition) is 1. The van der Waals surface area contributed by atoms with E-state index in [1.54, 1.807) is 10.9 Å². The zero-order valence-corrected chi connectivity index (χ0v) is 14.2. The molecule has 2 aliphatic rings. The zero-order chi connectivity index (χ0) is 17.0. The molecule has 0 radical (unpaired) electrons. The molecule has 0 aromatic carbocycles. The molecule has 2 N–H and O–H groups in total. The number of alkyl halides is 1. The zero-order valence-electron chi connectivity index (χ0n) is 14.2. The highest BCUT2D eigenvalue weighted by molar-refractivity contribution is 5.85. The van der Waals surface area contributed by atoms with E-state index in [1.165, 1.54) is 0 Å². The van der Waals surface area contributed by atoms with E-state index in [4.69, 9.17) is 10.5 Å². The molecule has 4 atom stereocenters. The van der Waals surface area contributed by atoms with Crippen LogP contribution in [0.3, 0.4) is 0 Å². The molecule has 1 aliphatic heterocycles. The number of fused-ring (bicyclic) bond motifs is 1. The number of halogens is 1. The molecule has 0 spiro atoms. The van der Waals surface area contributed by atoms with Gasteiger partial charge in [-0.05, 0) is 19.3 Å². The van der Waals surface area contributed by atoms with Gasteiger partial charge in [-0.2, -0.15) is 9.97 Å². The third-order valence-corrected chi connectivity index (χ3v) is 5.20. The highest BCUT2D eigenvalue weighted by Gasteiger charge is 2.43. The SMILES string of the molecule is CC[C@H]1O[C@@H](n2cnc3c(N(C)C4CC4)nc(N)nc32)[C@H](F)[C@@H]1C. The van der Waals surface area contributed by atoms with E-state index in [0.29, 0.717) is 23.0 Å². The Balaban J connectivity index is 1.78. The van der Waals surface area contributed by atoms with Crippen molar-refractivity contribution in [2.45, 2.75) is 57.7 Å². The molecule has 2 aromatic rings. The van der Waals surface area contributed by atoms with Crippen molar-refractivity contribution in [1.29, 1.82) is 0 Å². The predicted octanol–water partition coefficient (Wildman–Crippen LogP) is 2.29. The van der Waals surface area contributed by atoms with Gasteiger partial charge in [-0.15, -0.1) is 0 Å². The molecule has 1 aliphatic carbocycles. The highest BCUT2D eigenvalue weighted by atomic mass is 19.1. The normalized spacial score (nSPS) is 30.2. The first-order valence-corrected chi connectivity index (χ1v) is 8.53. The lowest BCUT2D eigenvalue weighted by molar-refractivity contribution is -0.0186. The molecule has 2 fully saturated rings. The molecule has 1 saturated heterocycles. The smallest absolute Gasteiger partial charge is 0.224 e. The van der Waals surface area contributed by atoms with Crippen LogP contribution in [0.25, 0.3) is 11.2 Å². The minimum absolute atomic E-state index is 0.102. The van der Waals surface area contributed by atoms with Crippen LogP contribution < -0.4 is 10.6 Å².